The van der Waals surface area contributed by atoms with Crippen molar-refractivity contribution in [2.45, 2.75) is 59.1 Å². The summed E-state index contributed by atoms with van der Waals surface area (Å²) in [7, 11) is 0. The molecule has 15 heavy (non-hydrogen) atoms. The van der Waals surface area contributed by atoms with Crippen LogP contribution in [0.4, 0.5) is 0 Å². The van der Waals surface area contributed by atoms with E-state index in [2.05, 4.69) is 12.2 Å². The summed E-state index contributed by atoms with van der Waals surface area (Å²) in [6, 6.07) is 0.155. The highest BCUT2D eigenvalue weighted by Crippen LogP contribution is 2.25. The maximum atomic E-state index is 11.7. The van der Waals surface area contributed by atoms with Gasteiger partial charge in [0.15, 0.2) is 0 Å². The Morgan fingerprint density at radius 3 is 2.40 bits per heavy atom. The summed E-state index contributed by atoms with van der Waals surface area (Å²) < 4.78 is 0. The maximum Gasteiger partial charge on any atom is 0.225 e. The van der Waals surface area contributed by atoms with Crippen LogP contribution >= 0.6 is 0 Å². The lowest BCUT2D eigenvalue weighted by molar-refractivity contribution is -0.129. The smallest absolute Gasteiger partial charge is 0.225 e. The van der Waals surface area contributed by atoms with Gasteiger partial charge in [0.25, 0.3) is 0 Å². The highest BCUT2D eigenvalue weighted by molar-refractivity contribution is 5.81. The van der Waals surface area contributed by atoms with Gasteiger partial charge >= 0.3 is 0 Å². The fourth-order valence-corrected chi connectivity index (χ4v) is 1.83. The number of carbonyl (C=O) groups is 1. The molecule has 2 N–H and O–H groups in total. The molecular weight excluding hydrogens is 190 g/mol. The lowest BCUT2D eigenvalue weighted by atomic mass is 9.84. The van der Waals surface area contributed by atoms with Crippen molar-refractivity contribution >= 4 is 5.91 Å². The first kappa shape index (κ1) is 12.5. The third-order valence-corrected chi connectivity index (χ3v) is 3.17. The molecular formula is C12H23NO2. The van der Waals surface area contributed by atoms with E-state index in [4.69, 9.17) is 0 Å². The lowest BCUT2D eigenvalue weighted by Crippen LogP contribution is -2.46. The Bertz CT molecular complexity index is 232. The molecule has 3 heteroatoms. The molecule has 0 spiro atoms. The average molecular weight is 213 g/mol. The molecule has 88 valence electrons. The molecule has 0 bridgehead atoms. The monoisotopic (exact) mass is 213 g/mol. The Kier molecular flexibility index (Phi) is 3.77. The second-order valence-electron chi connectivity index (χ2n) is 5.78. The molecule has 0 saturated heterocycles. The third-order valence-electron chi connectivity index (χ3n) is 3.17. The van der Waals surface area contributed by atoms with Crippen molar-refractivity contribution in [2.24, 2.45) is 11.3 Å². The molecule has 1 aliphatic carbocycles. The van der Waals surface area contributed by atoms with Gasteiger partial charge in [0.1, 0.15) is 0 Å². The molecule has 0 aromatic rings. The number of aliphatic hydroxyl groups is 1. The Morgan fingerprint density at radius 2 is 1.93 bits per heavy atom. The first-order valence-corrected chi connectivity index (χ1v) is 5.79. The SMILES string of the molecule is C[C@@H]1CC[C@@H](NC(=O)C(C)(C)C)C[C@H]1O. The van der Waals surface area contributed by atoms with Gasteiger partial charge in [-0.15, -0.1) is 0 Å². The standard InChI is InChI=1S/C12H23NO2/c1-8-5-6-9(7-10(8)14)13-11(15)12(2,3)4/h8-10,14H,5-7H2,1-4H3,(H,13,15)/t8-,9-,10-/m1/s1. The van der Waals surface area contributed by atoms with E-state index in [-0.39, 0.29) is 23.5 Å². The molecule has 3 nitrogen and oxygen atoms in total. The molecule has 3 atom stereocenters. The van der Waals surface area contributed by atoms with E-state index >= 15 is 0 Å². The van der Waals surface area contributed by atoms with Gasteiger partial charge in [0.2, 0.25) is 5.91 Å². The first-order chi connectivity index (χ1) is 6.80. The molecule has 1 saturated carbocycles. The number of nitrogens with one attached hydrogen (secondary N) is 1. The number of amides is 1. The third kappa shape index (κ3) is 3.49. The van der Waals surface area contributed by atoms with Gasteiger partial charge < -0.3 is 10.4 Å². The molecule has 0 aliphatic heterocycles. The number of rotatable bonds is 1. The largest absolute Gasteiger partial charge is 0.393 e. The van der Waals surface area contributed by atoms with Crippen LogP contribution in [-0.4, -0.2) is 23.2 Å². The predicted octanol–water partition coefficient (Wildman–Crippen LogP) is 1.70. The van der Waals surface area contributed by atoms with Crippen molar-refractivity contribution in [3.63, 3.8) is 0 Å². The van der Waals surface area contributed by atoms with Crippen molar-refractivity contribution in [1.82, 2.24) is 5.32 Å². The Hall–Kier alpha value is -0.570. The average Bonchev–Trinajstić information content (AvgIpc) is 2.10. The summed E-state index contributed by atoms with van der Waals surface area (Å²) in [6.45, 7) is 7.78. The van der Waals surface area contributed by atoms with Crippen LogP contribution in [0.15, 0.2) is 0 Å². The lowest BCUT2D eigenvalue weighted by Gasteiger charge is -2.33. The minimum atomic E-state index is -0.339. The Morgan fingerprint density at radius 1 is 1.33 bits per heavy atom. The van der Waals surface area contributed by atoms with Crippen LogP contribution in [-0.2, 0) is 4.79 Å². The number of hydrogen-bond donors (Lipinski definition) is 2. The molecule has 0 aromatic carbocycles. The normalized spacial score (nSPS) is 32.5. The second-order valence-corrected chi connectivity index (χ2v) is 5.78. The minimum absolute atomic E-state index is 0.0780. The Labute approximate surface area is 92.3 Å². The van der Waals surface area contributed by atoms with E-state index in [0.29, 0.717) is 12.3 Å². The Balaban J connectivity index is 2.44. The van der Waals surface area contributed by atoms with Crippen LogP contribution in [0.25, 0.3) is 0 Å². The summed E-state index contributed by atoms with van der Waals surface area (Å²) >= 11 is 0. The van der Waals surface area contributed by atoms with Crippen LogP contribution < -0.4 is 5.32 Å². The van der Waals surface area contributed by atoms with Crippen LogP contribution in [0.1, 0.15) is 47.0 Å². The molecule has 0 aromatic heterocycles. The molecule has 0 heterocycles. The minimum Gasteiger partial charge on any atom is -0.393 e. The molecule has 1 amide bonds. The van der Waals surface area contributed by atoms with Crippen LogP contribution in [0.5, 0.6) is 0 Å². The molecule has 0 radical (unpaired) electrons. The van der Waals surface area contributed by atoms with Gasteiger partial charge in [-0.05, 0) is 25.2 Å². The van der Waals surface area contributed by atoms with E-state index in [1.54, 1.807) is 0 Å². The zero-order chi connectivity index (χ0) is 11.6. The van der Waals surface area contributed by atoms with E-state index in [1.807, 2.05) is 20.8 Å². The van der Waals surface area contributed by atoms with Crippen LogP contribution in [0.3, 0.4) is 0 Å². The van der Waals surface area contributed by atoms with Crippen LogP contribution in [0, 0.1) is 11.3 Å². The summed E-state index contributed by atoms with van der Waals surface area (Å²) in [5.74, 6) is 0.446. The van der Waals surface area contributed by atoms with Crippen molar-refractivity contribution in [3.05, 3.63) is 0 Å². The van der Waals surface area contributed by atoms with Crippen molar-refractivity contribution in [3.8, 4) is 0 Å². The molecule has 1 aliphatic rings. The predicted molar refractivity (Wildman–Crippen MR) is 60.4 cm³/mol. The first-order valence-electron chi connectivity index (χ1n) is 5.79. The summed E-state index contributed by atoms with van der Waals surface area (Å²) in [5, 5.41) is 12.7. The number of hydrogen-bond acceptors (Lipinski definition) is 2. The van der Waals surface area contributed by atoms with E-state index in [9.17, 15) is 9.90 Å². The summed E-state index contributed by atoms with van der Waals surface area (Å²) in [4.78, 5) is 11.7. The highest BCUT2D eigenvalue weighted by atomic mass is 16.3. The van der Waals surface area contributed by atoms with Gasteiger partial charge in [-0.25, -0.2) is 0 Å². The molecule has 1 rings (SSSR count). The number of carbonyl (C=O) groups excluding carboxylic acids is 1. The van der Waals surface area contributed by atoms with Gasteiger partial charge in [-0.1, -0.05) is 27.7 Å². The fraction of sp³-hybridized carbons (Fsp3) is 0.917. The summed E-state index contributed by atoms with van der Waals surface area (Å²) in [6.07, 6.45) is 2.42. The quantitative estimate of drug-likeness (QED) is 0.696. The van der Waals surface area contributed by atoms with E-state index in [1.165, 1.54) is 0 Å². The number of aliphatic hydroxyl groups excluding tert-OH is 1. The summed E-state index contributed by atoms with van der Waals surface area (Å²) in [5.41, 5.74) is -0.339. The van der Waals surface area contributed by atoms with Crippen LogP contribution in [0.2, 0.25) is 0 Å². The fourth-order valence-electron chi connectivity index (χ4n) is 1.83. The van der Waals surface area contributed by atoms with E-state index < -0.39 is 0 Å². The second kappa shape index (κ2) is 4.52. The van der Waals surface area contributed by atoms with E-state index in [0.717, 1.165) is 12.8 Å². The zero-order valence-electron chi connectivity index (χ0n) is 10.2. The zero-order valence-corrected chi connectivity index (χ0v) is 10.2. The topological polar surface area (TPSA) is 49.3 Å². The van der Waals surface area contributed by atoms with Crippen molar-refractivity contribution in [1.29, 1.82) is 0 Å². The highest BCUT2D eigenvalue weighted by Gasteiger charge is 2.29. The van der Waals surface area contributed by atoms with Gasteiger partial charge in [-0.2, -0.15) is 0 Å². The van der Waals surface area contributed by atoms with Gasteiger partial charge in [0, 0.05) is 11.5 Å². The van der Waals surface area contributed by atoms with Gasteiger partial charge in [-0.3, -0.25) is 4.79 Å². The van der Waals surface area contributed by atoms with Crippen molar-refractivity contribution in [2.75, 3.05) is 0 Å². The maximum absolute atomic E-state index is 11.7. The molecule has 0 unspecified atom stereocenters. The molecule has 1 fully saturated rings. The van der Waals surface area contributed by atoms with Crippen molar-refractivity contribution < 1.29 is 9.90 Å². The van der Waals surface area contributed by atoms with Gasteiger partial charge in [0.05, 0.1) is 6.10 Å².